The number of rotatable bonds is 3. The average molecular weight is 242 g/mol. The van der Waals surface area contributed by atoms with Gasteiger partial charge < -0.3 is 9.88 Å². The Morgan fingerprint density at radius 3 is 2.67 bits per heavy atom. The lowest BCUT2D eigenvalue weighted by molar-refractivity contribution is 0.252. The van der Waals surface area contributed by atoms with Gasteiger partial charge in [0.25, 0.3) is 0 Å². The third-order valence-corrected chi connectivity index (χ3v) is 2.38. The third-order valence-electron chi connectivity index (χ3n) is 2.38. The number of hydrogen-bond acceptors (Lipinski definition) is 2. The fraction of sp³-hybridized carbons (Fsp3) is 0.0769. The molecule has 0 aliphatic heterocycles. The SMILES string of the molecule is Cn1cccc1C=NNC(=O)Nc1ccccc1. The quantitative estimate of drug-likeness (QED) is 0.629. The molecule has 0 fully saturated rings. The van der Waals surface area contributed by atoms with Crippen LogP contribution in [0.2, 0.25) is 0 Å². The van der Waals surface area contributed by atoms with Crippen LogP contribution >= 0.6 is 0 Å². The van der Waals surface area contributed by atoms with Crippen molar-refractivity contribution >= 4 is 17.9 Å². The Balaban J connectivity index is 1.86. The number of nitrogens with zero attached hydrogens (tertiary/aromatic N) is 2. The van der Waals surface area contributed by atoms with Crippen molar-refractivity contribution in [3.05, 3.63) is 54.4 Å². The van der Waals surface area contributed by atoms with Crippen molar-refractivity contribution in [1.29, 1.82) is 0 Å². The average Bonchev–Trinajstić information content (AvgIpc) is 2.76. The standard InChI is InChI=1S/C13H14N4O/c1-17-9-5-8-12(17)10-14-16-13(18)15-11-6-3-2-4-7-11/h2-10H,1H3,(H2,15,16,18). The molecule has 5 nitrogen and oxygen atoms in total. The summed E-state index contributed by atoms with van der Waals surface area (Å²) in [7, 11) is 1.91. The van der Waals surface area contributed by atoms with Crippen molar-refractivity contribution in [3.63, 3.8) is 0 Å². The van der Waals surface area contributed by atoms with Gasteiger partial charge in [-0.1, -0.05) is 18.2 Å². The maximum atomic E-state index is 11.5. The molecule has 1 aromatic carbocycles. The number of carbonyl (C=O) groups excluding carboxylic acids is 1. The summed E-state index contributed by atoms with van der Waals surface area (Å²) in [6, 6.07) is 12.6. The number of urea groups is 1. The maximum absolute atomic E-state index is 11.5. The first-order chi connectivity index (χ1) is 8.75. The van der Waals surface area contributed by atoms with Crippen LogP contribution in [-0.2, 0) is 7.05 Å². The van der Waals surface area contributed by atoms with Gasteiger partial charge in [-0.15, -0.1) is 0 Å². The number of hydrogen-bond donors (Lipinski definition) is 2. The Kier molecular flexibility index (Phi) is 3.76. The van der Waals surface area contributed by atoms with E-state index in [0.717, 1.165) is 11.4 Å². The zero-order chi connectivity index (χ0) is 12.8. The van der Waals surface area contributed by atoms with Crippen molar-refractivity contribution in [2.45, 2.75) is 0 Å². The predicted molar refractivity (Wildman–Crippen MR) is 71.6 cm³/mol. The van der Waals surface area contributed by atoms with E-state index in [1.165, 1.54) is 0 Å². The van der Waals surface area contributed by atoms with Crippen LogP contribution in [0.25, 0.3) is 0 Å². The molecule has 1 aromatic heterocycles. The first-order valence-electron chi connectivity index (χ1n) is 5.52. The molecule has 0 atom stereocenters. The molecule has 0 spiro atoms. The lowest BCUT2D eigenvalue weighted by Crippen LogP contribution is -2.24. The molecular weight excluding hydrogens is 228 g/mol. The van der Waals surface area contributed by atoms with Crippen LogP contribution < -0.4 is 10.7 Å². The van der Waals surface area contributed by atoms with Gasteiger partial charge in [0.1, 0.15) is 0 Å². The van der Waals surface area contributed by atoms with Gasteiger partial charge in [-0.05, 0) is 24.3 Å². The Morgan fingerprint density at radius 1 is 1.22 bits per heavy atom. The molecule has 0 aliphatic rings. The van der Waals surface area contributed by atoms with Crippen molar-refractivity contribution < 1.29 is 4.79 Å². The summed E-state index contributed by atoms with van der Waals surface area (Å²) >= 11 is 0. The highest BCUT2D eigenvalue weighted by Gasteiger charge is 1.98. The summed E-state index contributed by atoms with van der Waals surface area (Å²) in [5.41, 5.74) is 4.04. The van der Waals surface area contributed by atoms with E-state index in [-0.39, 0.29) is 6.03 Å². The van der Waals surface area contributed by atoms with Crippen LogP contribution in [0.1, 0.15) is 5.69 Å². The normalized spacial score (nSPS) is 10.5. The number of para-hydroxylation sites is 1. The van der Waals surface area contributed by atoms with Crippen LogP contribution in [0.15, 0.2) is 53.8 Å². The summed E-state index contributed by atoms with van der Waals surface area (Å²) in [4.78, 5) is 11.5. The number of aryl methyl sites for hydroxylation is 1. The first-order valence-corrected chi connectivity index (χ1v) is 5.52. The minimum atomic E-state index is -0.369. The second-order valence-electron chi connectivity index (χ2n) is 3.73. The number of nitrogens with one attached hydrogen (secondary N) is 2. The highest BCUT2D eigenvalue weighted by atomic mass is 16.2. The molecule has 92 valence electrons. The molecule has 0 saturated carbocycles. The lowest BCUT2D eigenvalue weighted by Gasteiger charge is -2.03. The Hall–Kier alpha value is -2.56. The van der Waals surface area contributed by atoms with E-state index in [4.69, 9.17) is 0 Å². The van der Waals surface area contributed by atoms with E-state index in [0.29, 0.717) is 0 Å². The van der Waals surface area contributed by atoms with Crippen LogP contribution in [0, 0.1) is 0 Å². The second-order valence-corrected chi connectivity index (χ2v) is 3.73. The van der Waals surface area contributed by atoms with E-state index in [9.17, 15) is 4.79 Å². The van der Waals surface area contributed by atoms with Crippen molar-refractivity contribution in [3.8, 4) is 0 Å². The number of amides is 2. The zero-order valence-corrected chi connectivity index (χ0v) is 10.00. The molecule has 18 heavy (non-hydrogen) atoms. The Bertz CT molecular complexity index is 545. The van der Waals surface area contributed by atoms with Gasteiger partial charge in [0.05, 0.1) is 11.9 Å². The first kappa shape index (κ1) is 11.9. The third kappa shape index (κ3) is 3.21. The molecule has 0 unspecified atom stereocenters. The van der Waals surface area contributed by atoms with E-state index >= 15 is 0 Å². The smallest absolute Gasteiger partial charge is 0.339 e. The topological polar surface area (TPSA) is 58.4 Å². The summed E-state index contributed by atoms with van der Waals surface area (Å²) in [6.45, 7) is 0. The molecule has 0 aliphatic carbocycles. The highest BCUT2D eigenvalue weighted by Crippen LogP contribution is 2.03. The summed E-state index contributed by atoms with van der Waals surface area (Å²) in [5.74, 6) is 0. The van der Waals surface area contributed by atoms with Gasteiger partial charge >= 0.3 is 6.03 Å². The van der Waals surface area contributed by atoms with Crippen LogP contribution in [0.5, 0.6) is 0 Å². The minimum absolute atomic E-state index is 0.369. The van der Waals surface area contributed by atoms with Gasteiger partial charge in [-0.2, -0.15) is 5.10 Å². The van der Waals surface area contributed by atoms with Gasteiger partial charge in [0.15, 0.2) is 0 Å². The molecule has 2 aromatic rings. The number of hydrazone groups is 1. The molecule has 2 amide bonds. The molecule has 2 rings (SSSR count). The Morgan fingerprint density at radius 2 is 2.00 bits per heavy atom. The lowest BCUT2D eigenvalue weighted by atomic mass is 10.3. The van der Waals surface area contributed by atoms with Crippen molar-refractivity contribution in [2.75, 3.05) is 5.32 Å². The molecule has 0 bridgehead atoms. The van der Waals surface area contributed by atoms with Gasteiger partial charge in [0, 0.05) is 18.9 Å². The molecular formula is C13H14N4O. The number of anilines is 1. The van der Waals surface area contributed by atoms with Gasteiger partial charge in [0.2, 0.25) is 0 Å². The van der Waals surface area contributed by atoms with Crippen LogP contribution in [0.4, 0.5) is 10.5 Å². The van der Waals surface area contributed by atoms with E-state index < -0.39 is 0 Å². The maximum Gasteiger partial charge on any atom is 0.339 e. The summed E-state index contributed by atoms with van der Waals surface area (Å²) in [5, 5.41) is 6.53. The monoisotopic (exact) mass is 242 g/mol. The van der Waals surface area contributed by atoms with Gasteiger partial charge in [-0.3, -0.25) is 0 Å². The second kappa shape index (κ2) is 5.67. The molecule has 2 N–H and O–H groups in total. The molecule has 5 heteroatoms. The zero-order valence-electron chi connectivity index (χ0n) is 10.00. The van der Waals surface area contributed by atoms with Crippen molar-refractivity contribution in [1.82, 2.24) is 9.99 Å². The van der Waals surface area contributed by atoms with Crippen LogP contribution in [0.3, 0.4) is 0 Å². The fourth-order valence-electron chi connectivity index (χ4n) is 1.45. The van der Waals surface area contributed by atoms with E-state index in [1.807, 2.05) is 48.1 Å². The van der Waals surface area contributed by atoms with E-state index in [1.54, 1.807) is 18.3 Å². The summed E-state index contributed by atoms with van der Waals surface area (Å²) in [6.07, 6.45) is 3.50. The number of benzene rings is 1. The number of carbonyl (C=O) groups is 1. The van der Waals surface area contributed by atoms with Crippen LogP contribution in [-0.4, -0.2) is 16.8 Å². The largest absolute Gasteiger partial charge is 0.350 e. The van der Waals surface area contributed by atoms with Crippen molar-refractivity contribution in [2.24, 2.45) is 12.1 Å². The van der Waals surface area contributed by atoms with Gasteiger partial charge in [-0.25, -0.2) is 10.2 Å². The molecule has 1 heterocycles. The minimum Gasteiger partial charge on any atom is -0.350 e. The Labute approximate surface area is 105 Å². The molecule has 0 radical (unpaired) electrons. The number of aromatic nitrogens is 1. The predicted octanol–water partition coefficient (Wildman–Crippen LogP) is 2.18. The highest BCUT2D eigenvalue weighted by molar-refractivity contribution is 5.90. The van der Waals surface area contributed by atoms with E-state index in [2.05, 4.69) is 15.8 Å². The molecule has 0 saturated heterocycles. The fourth-order valence-corrected chi connectivity index (χ4v) is 1.45. The summed E-state index contributed by atoms with van der Waals surface area (Å²) < 4.78 is 1.90.